The minimum Gasteiger partial charge on any atom is -0.497 e. The van der Waals surface area contributed by atoms with Crippen LogP contribution in [0.3, 0.4) is 0 Å². The van der Waals surface area contributed by atoms with Crippen molar-refractivity contribution < 1.29 is 17.9 Å². The van der Waals surface area contributed by atoms with Crippen LogP contribution in [0.4, 0.5) is 5.69 Å². The summed E-state index contributed by atoms with van der Waals surface area (Å²) in [5, 5.41) is 0. The van der Waals surface area contributed by atoms with E-state index in [-0.39, 0.29) is 29.9 Å². The van der Waals surface area contributed by atoms with Crippen LogP contribution in [0.15, 0.2) is 84.0 Å². The molecule has 0 atom stereocenters. The first kappa shape index (κ1) is 23.4. The second-order valence-electron chi connectivity index (χ2n) is 7.50. The van der Waals surface area contributed by atoms with Crippen LogP contribution >= 0.6 is 0 Å². The van der Waals surface area contributed by atoms with Crippen molar-refractivity contribution in [3.63, 3.8) is 0 Å². The van der Waals surface area contributed by atoms with Gasteiger partial charge in [0.1, 0.15) is 10.6 Å². The fourth-order valence-electron chi connectivity index (χ4n) is 3.35. The van der Waals surface area contributed by atoms with Crippen LogP contribution in [0.25, 0.3) is 0 Å². The molecule has 0 bridgehead atoms. The molecule has 1 amide bonds. The van der Waals surface area contributed by atoms with Crippen LogP contribution in [0.2, 0.25) is 0 Å². The predicted molar refractivity (Wildman–Crippen MR) is 124 cm³/mol. The number of hydrogen-bond acceptors (Lipinski definition) is 5. The molecule has 0 spiro atoms. The summed E-state index contributed by atoms with van der Waals surface area (Å²) in [6.45, 7) is 3.52. The summed E-state index contributed by atoms with van der Waals surface area (Å²) in [6.07, 6.45) is 2.80. The molecule has 0 N–H and O–H groups in total. The normalized spacial score (nSPS) is 11.5. The number of benzene rings is 2. The Balaban J connectivity index is 1.95. The van der Waals surface area contributed by atoms with E-state index in [1.807, 2.05) is 44.2 Å². The molecular formula is C24H27N3O4S. The standard InChI is InChI=1S/C24H27N3O4S/c1-19(2)27(21-8-5-4-6-9-21)24(28)18-26(17-20-11-13-22(31-3)14-12-20)32(29,30)23-10-7-15-25-16-23/h4-16,19H,17-18H2,1-3H3. The van der Waals surface area contributed by atoms with Crippen LogP contribution in [-0.4, -0.2) is 43.3 Å². The zero-order valence-corrected chi connectivity index (χ0v) is 19.2. The zero-order valence-electron chi connectivity index (χ0n) is 18.4. The number of hydrogen-bond donors (Lipinski definition) is 0. The van der Waals surface area contributed by atoms with Crippen LogP contribution in [0.1, 0.15) is 19.4 Å². The number of methoxy groups -OCH3 is 1. The molecule has 0 aliphatic carbocycles. The highest BCUT2D eigenvalue weighted by Crippen LogP contribution is 2.22. The summed E-state index contributed by atoms with van der Waals surface area (Å²) in [4.78, 5) is 18.9. The minimum atomic E-state index is -3.96. The average molecular weight is 454 g/mol. The van der Waals surface area contributed by atoms with Crippen molar-refractivity contribution in [2.45, 2.75) is 31.3 Å². The Morgan fingerprint density at radius 3 is 2.25 bits per heavy atom. The first-order chi connectivity index (χ1) is 15.3. The number of amides is 1. The molecule has 8 heteroatoms. The quantitative estimate of drug-likeness (QED) is 0.493. The Bertz CT molecular complexity index is 1120. The highest BCUT2D eigenvalue weighted by molar-refractivity contribution is 7.89. The third-order valence-electron chi connectivity index (χ3n) is 4.92. The number of carbonyl (C=O) groups excluding carboxylic acids is 1. The van der Waals surface area contributed by atoms with E-state index in [0.29, 0.717) is 5.75 Å². The van der Waals surface area contributed by atoms with Crippen LogP contribution in [0, 0.1) is 0 Å². The summed E-state index contributed by atoms with van der Waals surface area (Å²) < 4.78 is 33.2. The average Bonchev–Trinajstić information content (AvgIpc) is 2.80. The van der Waals surface area contributed by atoms with Crippen molar-refractivity contribution in [2.24, 2.45) is 0 Å². The molecule has 3 aromatic rings. The summed E-state index contributed by atoms with van der Waals surface area (Å²) in [6, 6.07) is 19.2. The molecule has 168 valence electrons. The van der Waals surface area contributed by atoms with Crippen molar-refractivity contribution in [2.75, 3.05) is 18.6 Å². The number of anilines is 1. The molecule has 0 aliphatic rings. The fourth-order valence-corrected chi connectivity index (χ4v) is 4.70. The lowest BCUT2D eigenvalue weighted by Crippen LogP contribution is -2.45. The first-order valence-electron chi connectivity index (χ1n) is 10.2. The molecule has 7 nitrogen and oxygen atoms in total. The summed E-state index contributed by atoms with van der Waals surface area (Å²) in [5.41, 5.74) is 1.46. The second-order valence-corrected chi connectivity index (χ2v) is 9.44. The van der Waals surface area contributed by atoms with E-state index in [1.165, 1.54) is 22.8 Å². The van der Waals surface area contributed by atoms with E-state index in [4.69, 9.17) is 4.74 Å². The van der Waals surface area contributed by atoms with E-state index in [0.717, 1.165) is 11.3 Å². The van der Waals surface area contributed by atoms with E-state index in [1.54, 1.807) is 42.3 Å². The molecule has 32 heavy (non-hydrogen) atoms. The van der Waals surface area contributed by atoms with Crippen molar-refractivity contribution >= 4 is 21.6 Å². The van der Waals surface area contributed by atoms with Crippen molar-refractivity contribution in [3.05, 3.63) is 84.7 Å². The summed E-state index contributed by atoms with van der Waals surface area (Å²) in [5.74, 6) is 0.355. The molecule has 0 unspecified atom stereocenters. The van der Waals surface area contributed by atoms with E-state index < -0.39 is 10.0 Å². The number of pyridine rings is 1. The van der Waals surface area contributed by atoms with Gasteiger partial charge in [0.15, 0.2) is 0 Å². The molecule has 0 radical (unpaired) electrons. The molecule has 1 aromatic heterocycles. The molecular weight excluding hydrogens is 426 g/mol. The maximum absolute atomic E-state index is 13.4. The van der Waals surface area contributed by atoms with Gasteiger partial charge in [-0.1, -0.05) is 30.3 Å². The highest BCUT2D eigenvalue weighted by Gasteiger charge is 2.30. The van der Waals surface area contributed by atoms with Crippen LogP contribution in [-0.2, 0) is 21.4 Å². The van der Waals surface area contributed by atoms with Crippen LogP contribution < -0.4 is 9.64 Å². The Morgan fingerprint density at radius 1 is 1.00 bits per heavy atom. The number of para-hydroxylation sites is 1. The number of carbonyl (C=O) groups is 1. The number of aromatic nitrogens is 1. The van der Waals surface area contributed by atoms with E-state index in [2.05, 4.69) is 4.98 Å². The first-order valence-corrected chi connectivity index (χ1v) is 11.7. The van der Waals surface area contributed by atoms with E-state index >= 15 is 0 Å². The third-order valence-corrected chi connectivity index (χ3v) is 6.70. The maximum Gasteiger partial charge on any atom is 0.245 e. The molecule has 0 aliphatic heterocycles. The van der Waals surface area contributed by atoms with Crippen molar-refractivity contribution in [1.82, 2.24) is 9.29 Å². The van der Waals surface area contributed by atoms with Gasteiger partial charge in [-0.05, 0) is 55.8 Å². The van der Waals surface area contributed by atoms with Gasteiger partial charge in [-0.2, -0.15) is 4.31 Å². The topological polar surface area (TPSA) is 79.8 Å². The largest absolute Gasteiger partial charge is 0.497 e. The van der Waals surface area contributed by atoms with Gasteiger partial charge < -0.3 is 9.64 Å². The predicted octanol–water partition coefficient (Wildman–Crippen LogP) is 3.72. The minimum absolute atomic E-state index is 0.0354. The molecule has 3 rings (SSSR count). The SMILES string of the molecule is COc1ccc(CN(CC(=O)N(c2ccccc2)C(C)C)S(=O)(=O)c2cccnc2)cc1. The number of sulfonamides is 1. The molecule has 0 fully saturated rings. The highest BCUT2D eigenvalue weighted by atomic mass is 32.2. The number of rotatable bonds is 9. The van der Waals surface area contributed by atoms with Gasteiger partial charge >= 0.3 is 0 Å². The smallest absolute Gasteiger partial charge is 0.245 e. The Labute approximate surface area is 189 Å². The zero-order chi connectivity index (χ0) is 23.1. The van der Waals surface area contributed by atoms with Crippen LogP contribution in [0.5, 0.6) is 5.75 Å². The van der Waals surface area contributed by atoms with Crippen molar-refractivity contribution in [1.29, 1.82) is 0 Å². The van der Waals surface area contributed by atoms with Gasteiger partial charge in [0.2, 0.25) is 15.9 Å². The Morgan fingerprint density at radius 2 is 1.69 bits per heavy atom. The monoisotopic (exact) mass is 453 g/mol. The Kier molecular flexibility index (Phi) is 7.61. The summed E-state index contributed by atoms with van der Waals surface area (Å²) >= 11 is 0. The third kappa shape index (κ3) is 5.52. The lowest BCUT2D eigenvalue weighted by Gasteiger charge is -2.30. The summed E-state index contributed by atoms with van der Waals surface area (Å²) in [7, 11) is -2.39. The van der Waals surface area contributed by atoms with Gasteiger partial charge in [0.25, 0.3) is 0 Å². The second kappa shape index (κ2) is 10.4. The maximum atomic E-state index is 13.4. The molecule has 1 heterocycles. The Hall–Kier alpha value is -3.23. The van der Waals surface area contributed by atoms with Gasteiger partial charge in [0.05, 0.1) is 13.7 Å². The molecule has 0 saturated heterocycles. The van der Waals surface area contributed by atoms with E-state index in [9.17, 15) is 13.2 Å². The van der Waals surface area contributed by atoms with Crippen molar-refractivity contribution in [3.8, 4) is 5.75 Å². The van der Waals surface area contributed by atoms with Gasteiger partial charge in [0, 0.05) is 30.7 Å². The molecule has 2 aromatic carbocycles. The van der Waals surface area contributed by atoms with Gasteiger partial charge in [-0.15, -0.1) is 0 Å². The fraction of sp³-hybridized carbons (Fsp3) is 0.250. The lowest BCUT2D eigenvalue weighted by molar-refractivity contribution is -0.119. The molecule has 0 saturated carbocycles. The lowest BCUT2D eigenvalue weighted by atomic mass is 10.2. The van der Waals surface area contributed by atoms with Gasteiger partial charge in [-0.25, -0.2) is 8.42 Å². The number of ether oxygens (including phenoxy) is 1. The van der Waals surface area contributed by atoms with Gasteiger partial charge in [-0.3, -0.25) is 9.78 Å². The number of nitrogens with zero attached hydrogens (tertiary/aromatic N) is 3.